The molecule has 2 heterocycles. The molecule has 1 amide bonds. The van der Waals surface area contributed by atoms with Gasteiger partial charge in [-0.1, -0.05) is 6.07 Å². The molecule has 1 aromatic carbocycles. The minimum absolute atomic E-state index is 0.0836. The summed E-state index contributed by atoms with van der Waals surface area (Å²) in [6.07, 6.45) is 7.51. The number of carbonyl (C=O) groups excluding carboxylic acids is 1. The maximum atomic E-state index is 11.8. The molecular weight excluding hydrogens is 292 g/mol. The Morgan fingerprint density at radius 1 is 1.48 bits per heavy atom. The Morgan fingerprint density at radius 2 is 2.39 bits per heavy atom. The largest absolute Gasteiger partial charge is 0.493 e. The van der Waals surface area contributed by atoms with E-state index in [0.29, 0.717) is 6.54 Å². The molecule has 1 N–H and O–H groups in total. The predicted molar refractivity (Wildman–Crippen MR) is 87.0 cm³/mol. The van der Waals surface area contributed by atoms with Crippen molar-refractivity contribution in [2.75, 3.05) is 13.2 Å². The second-order valence-electron chi connectivity index (χ2n) is 5.49. The summed E-state index contributed by atoms with van der Waals surface area (Å²) in [5, 5.41) is 6.90. The molecule has 6 nitrogen and oxygen atoms in total. The fourth-order valence-electron chi connectivity index (χ4n) is 2.55. The number of hydrogen-bond donors (Lipinski definition) is 1. The Balaban J connectivity index is 1.43. The first-order chi connectivity index (χ1) is 11.2. The van der Waals surface area contributed by atoms with Gasteiger partial charge >= 0.3 is 0 Å². The van der Waals surface area contributed by atoms with E-state index in [1.165, 1.54) is 11.9 Å². The number of ether oxygens (including phenoxy) is 1. The van der Waals surface area contributed by atoms with Crippen molar-refractivity contribution in [2.24, 2.45) is 7.05 Å². The van der Waals surface area contributed by atoms with E-state index >= 15 is 0 Å². The minimum Gasteiger partial charge on any atom is -0.493 e. The highest BCUT2D eigenvalue weighted by molar-refractivity contribution is 5.91. The van der Waals surface area contributed by atoms with Gasteiger partial charge in [-0.25, -0.2) is 4.98 Å². The van der Waals surface area contributed by atoms with Crippen LogP contribution < -0.4 is 10.1 Å². The number of hydrogen-bond acceptors (Lipinski definition) is 4. The number of fused-ring (bicyclic) bond motifs is 1. The lowest BCUT2D eigenvalue weighted by atomic mass is 10.1. The van der Waals surface area contributed by atoms with Gasteiger partial charge in [0.1, 0.15) is 17.9 Å². The molecule has 0 atom stereocenters. The summed E-state index contributed by atoms with van der Waals surface area (Å²) in [6, 6.07) is 5.99. The first kappa shape index (κ1) is 15.3. The van der Waals surface area contributed by atoms with Crippen molar-refractivity contribution >= 4 is 12.0 Å². The first-order valence-corrected chi connectivity index (χ1v) is 7.77. The van der Waals surface area contributed by atoms with Crippen LogP contribution in [0.15, 0.2) is 30.6 Å². The lowest BCUT2D eigenvalue weighted by molar-refractivity contribution is -0.116. The second kappa shape index (κ2) is 7.09. The molecular formula is C17H20N4O2. The summed E-state index contributed by atoms with van der Waals surface area (Å²) in [7, 11) is 1.87. The van der Waals surface area contributed by atoms with Gasteiger partial charge in [-0.3, -0.25) is 9.48 Å². The van der Waals surface area contributed by atoms with Crippen molar-refractivity contribution in [2.45, 2.75) is 19.3 Å². The average molecular weight is 312 g/mol. The number of aromatic nitrogens is 3. The van der Waals surface area contributed by atoms with Gasteiger partial charge < -0.3 is 10.1 Å². The molecule has 0 saturated carbocycles. The summed E-state index contributed by atoms with van der Waals surface area (Å²) in [5.74, 6) is 1.80. The average Bonchev–Trinajstić information content (AvgIpc) is 3.18. The van der Waals surface area contributed by atoms with Crippen molar-refractivity contribution in [3.05, 3.63) is 47.6 Å². The zero-order valence-corrected chi connectivity index (χ0v) is 13.2. The van der Waals surface area contributed by atoms with Crippen LogP contribution in [0.5, 0.6) is 5.75 Å². The Kier molecular flexibility index (Phi) is 4.71. The maximum absolute atomic E-state index is 11.8. The molecule has 120 valence electrons. The van der Waals surface area contributed by atoms with Crippen LogP contribution in [0.25, 0.3) is 6.08 Å². The number of nitrogens with one attached hydrogen (secondary N) is 1. The quantitative estimate of drug-likeness (QED) is 0.648. The number of carbonyl (C=O) groups is 1. The Hall–Kier alpha value is -2.63. The SMILES string of the molecule is Cn1ncnc1CCCNC(=O)/C=C/c1ccc2c(c1)CCO2. The normalized spacial score (nSPS) is 13.1. The van der Waals surface area contributed by atoms with Gasteiger partial charge in [0.2, 0.25) is 5.91 Å². The molecule has 0 unspecified atom stereocenters. The van der Waals surface area contributed by atoms with Crippen molar-refractivity contribution in [3.8, 4) is 5.75 Å². The van der Waals surface area contributed by atoms with E-state index in [0.717, 1.165) is 43.0 Å². The van der Waals surface area contributed by atoms with Gasteiger partial charge in [0.25, 0.3) is 0 Å². The van der Waals surface area contributed by atoms with E-state index in [1.807, 2.05) is 25.3 Å². The predicted octanol–water partition coefficient (Wildman–Crippen LogP) is 1.51. The summed E-state index contributed by atoms with van der Waals surface area (Å²) in [6.45, 7) is 1.36. The topological polar surface area (TPSA) is 69.0 Å². The molecule has 23 heavy (non-hydrogen) atoms. The lowest BCUT2D eigenvalue weighted by Gasteiger charge is -2.03. The van der Waals surface area contributed by atoms with Gasteiger partial charge in [-0.05, 0) is 35.8 Å². The number of nitrogens with zero attached hydrogens (tertiary/aromatic N) is 3. The molecule has 0 radical (unpaired) electrons. The van der Waals surface area contributed by atoms with Crippen LogP contribution in [0.4, 0.5) is 0 Å². The van der Waals surface area contributed by atoms with Gasteiger partial charge in [-0.15, -0.1) is 0 Å². The minimum atomic E-state index is -0.0836. The van der Waals surface area contributed by atoms with Gasteiger partial charge in [0.15, 0.2) is 0 Å². The summed E-state index contributed by atoms with van der Waals surface area (Å²) < 4.78 is 7.22. The molecule has 1 aliphatic heterocycles. The molecule has 0 fully saturated rings. The molecule has 1 aliphatic rings. The molecule has 0 aliphatic carbocycles. The van der Waals surface area contributed by atoms with Crippen LogP contribution in [0.2, 0.25) is 0 Å². The Labute approximate surface area is 135 Å². The van der Waals surface area contributed by atoms with E-state index in [1.54, 1.807) is 10.8 Å². The van der Waals surface area contributed by atoms with E-state index in [-0.39, 0.29) is 5.91 Å². The number of aryl methyl sites for hydroxylation is 2. The summed E-state index contributed by atoms with van der Waals surface area (Å²) in [4.78, 5) is 16.0. The summed E-state index contributed by atoms with van der Waals surface area (Å²) >= 11 is 0. The molecule has 0 bridgehead atoms. The molecule has 6 heteroatoms. The van der Waals surface area contributed by atoms with Crippen LogP contribution in [0, 0.1) is 0 Å². The van der Waals surface area contributed by atoms with E-state index < -0.39 is 0 Å². The fourth-order valence-corrected chi connectivity index (χ4v) is 2.55. The lowest BCUT2D eigenvalue weighted by Crippen LogP contribution is -2.22. The first-order valence-electron chi connectivity index (χ1n) is 7.77. The van der Waals surface area contributed by atoms with Crippen molar-refractivity contribution < 1.29 is 9.53 Å². The smallest absolute Gasteiger partial charge is 0.243 e. The van der Waals surface area contributed by atoms with Gasteiger partial charge in [0, 0.05) is 32.5 Å². The van der Waals surface area contributed by atoms with Crippen molar-refractivity contribution in [3.63, 3.8) is 0 Å². The monoisotopic (exact) mass is 312 g/mol. The summed E-state index contributed by atoms with van der Waals surface area (Å²) in [5.41, 5.74) is 2.22. The number of amides is 1. The van der Waals surface area contributed by atoms with Gasteiger partial charge in [0.05, 0.1) is 6.61 Å². The molecule has 0 saturated heterocycles. The van der Waals surface area contributed by atoms with E-state index in [4.69, 9.17) is 4.74 Å². The van der Waals surface area contributed by atoms with E-state index in [2.05, 4.69) is 21.5 Å². The standard InChI is InChI=1S/C17H20N4O2/c1-21-16(19-12-20-21)3-2-9-18-17(22)7-5-13-4-6-15-14(11-13)8-10-23-15/h4-7,11-12H,2-3,8-10H2,1H3,(H,18,22)/b7-5+. The van der Waals surface area contributed by atoms with Crippen LogP contribution >= 0.6 is 0 Å². The van der Waals surface area contributed by atoms with Crippen LogP contribution in [-0.4, -0.2) is 33.8 Å². The number of rotatable bonds is 6. The molecule has 1 aromatic heterocycles. The maximum Gasteiger partial charge on any atom is 0.243 e. The molecule has 2 aromatic rings. The van der Waals surface area contributed by atoms with E-state index in [9.17, 15) is 4.79 Å². The number of benzene rings is 1. The highest BCUT2D eigenvalue weighted by Crippen LogP contribution is 2.26. The fraction of sp³-hybridized carbons (Fsp3) is 0.353. The Morgan fingerprint density at radius 3 is 3.22 bits per heavy atom. The molecule has 0 spiro atoms. The highest BCUT2D eigenvalue weighted by Gasteiger charge is 2.11. The zero-order chi connectivity index (χ0) is 16.1. The van der Waals surface area contributed by atoms with Crippen LogP contribution in [0.3, 0.4) is 0 Å². The third-order valence-corrected chi connectivity index (χ3v) is 3.82. The van der Waals surface area contributed by atoms with Gasteiger partial charge in [-0.2, -0.15) is 5.10 Å². The third kappa shape index (κ3) is 3.97. The second-order valence-corrected chi connectivity index (χ2v) is 5.49. The zero-order valence-electron chi connectivity index (χ0n) is 13.2. The van der Waals surface area contributed by atoms with Crippen LogP contribution in [-0.2, 0) is 24.7 Å². The highest BCUT2D eigenvalue weighted by atomic mass is 16.5. The third-order valence-electron chi connectivity index (χ3n) is 3.82. The Bertz CT molecular complexity index is 721. The van der Waals surface area contributed by atoms with Crippen LogP contribution in [0.1, 0.15) is 23.4 Å². The van der Waals surface area contributed by atoms with Crippen molar-refractivity contribution in [1.82, 2.24) is 20.1 Å². The molecule has 3 rings (SSSR count). The van der Waals surface area contributed by atoms with Crippen molar-refractivity contribution in [1.29, 1.82) is 0 Å².